The van der Waals surface area contributed by atoms with Crippen molar-refractivity contribution in [1.29, 1.82) is 0 Å². The summed E-state index contributed by atoms with van der Waals surface area (Å²) in [4.78, 5) is 0. The molecule has 0 amide bonds. The fourth-order valence-electron chi connectivity index (χ4n) is 1.29. The van der Waals surface area contributed by atoms with E-state index in [0.29, 0.717) is 5.56 Å². The minimum atomic E-state index is -0.416. The van der Waals surface area contributed by atoms with Crippen molar-refractivity contribution in [3.8, 4) is 11.1 Å². The molecule has 0 unspecified atom stereocenters. The predicted molar refractivity (Wildman–Crippen MR) is 55.7 cm³/mol. The molecule has 0 atom stereocenters. The molecule has 0 aliphatic carbocycles. The average molecular weight is 206 g/mol. The molecule has 0 saturated heterocycles. The van der Waals surface area contributed by atoms with E-state index in [9.17, 15) is 4.39 Å². The molecule has 0 nitrogen and oxygen atoms in total. The standard InChI is InChI=1S/C12H7ClF/c13-11-8-4-7-10(12(11)14)9-5-2-1-3-6-9/h1-7H. The zero-order chi connectivity index (χ0) is 9.97. The van der Waals surface area contributed by atoms with Gasteiger partial charge in [-0.3, -0.25) is 0 Å². The second kappa shape index (κ2) is 3.81. The Balaban J connectivity index is 2.58. The maximum Gasteiger partial charge on any atom is 0.150 e. The Labute approximate surface area is 87.0 Å². The molecular formula is C12H7ClF. The van der Waals surface area contributed by atoms with Crippen LogP contribution in [-0.2, 0) is 0 Å². The van der Waals surface area contributed by atoms with Gasteiger partial charge in [-0.15, -0.1) is 0 Å². The first-order valence-corrected chi connectivity index (χ1v) is 4.58. The highest BCUT2D eigenvalue weighted by molar-refractivity contribution is 6.30. The molecule has 0 spiro atoms. The fourth-order valence-corrected chi connectivity index (χ4v) is 1.46. The lowest BCUT2D eigenvalue weighted by Crippen LogP contribution is -1.84. The first-order chi connectivity index (χ1) is 6.79. The van der Waals surface area contributed by atoms with Gasteiger partial charge in [0.05, 0.1) is 5.02 Å². The Morgan fingerprint density at radius 1 is 1.07 bits per heavy atom. The molecule has 14 heavy (non-hydrogen) atoms. The van der Waals surface area contributed by atoms with Crippen molar-refractivity contribution < 1.29 is 4.39 Å². The van der Waals surface area contributed by atoms with Gasteiger partial charge in [0.2, 0.25) is 0 Å². The number of halogens is 2. The summed E-state index contributed by atoms with van der Waals surface area (Å²) in [5.41, 5.74) is 1.33. The molecule has 2 aromatic carbocycles. The zero-order valence-electron chi connectivity index (χ0n) is 7.30. The van der Waals surface area contributed by atoms with Crippen molar-refractivity contribution in [3.63, 3.8) is 0 Å². The average Bonchev–Trinajstić information content (AvgIpc) is 2.23. The monoisotopic (exact) mass is 205 g/mol. The number of hydrogen-bond donors (Lipinski definition) is 0. The van der Waals surface area contributed by atoms with Gasteiger partial charge < -0.3 is 0 Å². The molecule has 0 fully saturated rings. The quantitative estimate of drug-likeness (QED) is 0.662. The highest BCUT2D eigenvalue weighted by Gasteiger charge is 2.07. The Hall–Kier alpha value is -1.34. The van der Waals surface area contributed by atoms with Gasteiger partial charge in [-0.25, -0.2) is 4.39 Å². The fraction of sp³-hybridized carbons (Fsp3) is 0. The third-order valence-electron chi connectivity index (χ3n) is 1.97. The van der Waals surface area contributed by atoms with Gasteiger partial charge in [0.1, 0.15) is 5.82 Å². The summed E-state index contributed by atoms with van der Waals surface area (Å²) in [5, 5.41) is 0.0337. The van der Waals surface area contributed by atoms with Crippen LogP contribution in [0.15, 0.2) is 42.5 Å². The van der Waals surface area contributed by atoms with E-state index in [2.05, 4.69) is 6.07 Å². The normalized spacial score (nSPS) is 10.1. The molecule has 0 saturated carbocycles. The van der Waals surface area contributed by atoms with Crippen LogP contribution in [0.3, 0.4) is 0 Å². The molecule has 0 aliphatic heterocycles. The summed E-state index contributed by atoms with van der Waals surface area (Å²) in [6.45, 7) is 0. The van der Waals surface area contributed by atoms with Gasteiger partial charge >= 0.3 is 0 Å². The van der Waals surface area contributed by atoms with Crippen LogP contribution in [0.5, 0.6) is 0 Å². The van der Waals surface area contributed by atoms with Gasteiger partial charge in [-0.05, 0) is 5.56 Å². The van der Waals surface area contributed by atoms with E-state index in [1.165, 1.54) is 0 Å². The van der Waals surface area contributed by atoms with Crippen LogP contribution in [0.1, 0.15) is 0 Å². The SMILES string of the molecule is Fc1c(Cl)[c]ccc1-c1ccccc1. The van der Waals surface area contributed by atoms with Crippen LogP contribution >= 0.6 is 11.6 Å². The molecule has 0 aliphatic rings. The molecule has 2 heteroatoms. The van der Waals surface area contributed by atoms with Crippen LogP contribution < -0.4 is 0 Å². The molecule has 69 valence electrons. The molecule has 0 bridgehead atoms. The van der Waals surface area contributed by atoms with Gasteiger partial charge in [0, 0.05) is 11.6 Å². The van der Waals surface area contributed by atoms with E-state index in [1.807, 2.05) is 30.3 Å². The van der Waals surface area contributed by atoms with Gasteiger partial charge in [0.25, 0.3) is 0 Å². The predicted octanol–water partition coefficient (Wildman–Crippen LogP) is 3.95. The minimum Gasteiger partial charge on any atom is -0.205 e. The largest absolute Gasteiger partial charge is 0.205 e. The van der Waals surface area contributed by atoms with Crippen LogP contribution in [0.4, 0.5) is 4.39 Å². The summed E-state index contributed by atoms with van der Waals surface area (Å²) >= 11 is 5.63. The van der Waals surface area contributed by atoms with Crippen molar-refractivity contribution in [1.82, 2.24) is 0 Å². The van der Waals surface area contributed by atoms with Crippen molar-refractivity contribution in [2.75, 3.05) is 0 Å². The minimum absolute atomic E-state index is 0.0337. The van der Waals surface area contributed by atoms with Crippen molar-refractivity contribution in [3.05, 3.63) is 59.4 Å². The van der Waals surface area contributed by atoms with Crippen molar-refractivity contribution in [2.24, 2.45) is 0 Å². The zero-order valence-corrected chi connectivity index (χ0v) is 8.05. The number of rotatable bonds is 1. The Bertz CT molecular complexity index is 437. The highest BCUT2D eigenvalue weighted by Crippen LogP contribution is 2.26. The summed E-state index contributed by atoms with van der Waals surface area (Å²) in [6, 6.07) is 15.2. The molecule has 0 aromatic heterocycles. The van der Waals surface area contributed by atoms with E-state index in [4.69, 9.17) is 11.6 Å². The Morgan fingerprint density at radius 2 is 1.79 bits per heavy atom. The van der Waals surface area contributed by atoms with Crippen molar-refractivity contribution >= 4 is 11.6 Å². The first kappa shape index (κ1) is 9.22. The van der Waals surface area contributed by atoms with E-state index >= 15 is 0 Å². The van der Waals surface area contributed by atoms with Crippen LogP contribution in [0.25, 0.3) is 11.1 Å². The lowest BCUT2D eigenvalue weighted by Gasteiger charge is -2.03. The Kier molecular flexibility index (Phi) is 2.51. The lowest BCUT2D eigenvalue weighted by atomic mass is 10.1. The number of hydrogen-bond acceptors (Lipinski definition) is 0. The third kappa shape index (κ3) is 1.64. The van der Waals surface area contributed by atoms with Crippen molar-refractivity contribution in [2.45, 2.75) is 0 Å². The second-order valence-electron chi connectivity index (χ2n) is 2.89. The third-order valence-corrected chi connectivity index (χ3v) is 2.25. The Morgan fingerprint density at radius 3 is 2.50 bits per heavy atom. The smallest absolute Gasteiger partial charge is 0.150 e. The van der Waals surface area contributed by atoms with E-state index in [0.717, 1.165) is 5.56 Å². The maximum atomic E-state index is 13.5. The van der Waals surface area contributed by atoms with Crippen LogP contribution in [0.2, 0.25) is 5.02 Å². The molecule has 2 rings (SSSR count). The molecule has 0 N–H and O–H groups in total. The molecule has 0 heterocycles. The lowest BCUT2D eigenvalue weighted by molar-refractivity contribution is 0.631. The molecule has 1 radical (unpaired) electrons. The van der Waals surface area contributed by atoms with Crippen LogP contribution in [0, 0.1) is 11.9 Å². The first-order valence-electron chi connectivity index (χ1n) is 4.20. The van der Waals surface area contributed by atoms with E-state index in [-0.39, 0.29) is 5.02 Å². The van der Waals surface area contributed by atoms with E-state index in [1.54, 1.807) is 12.1 Å². The molecular weight excluding hydrogens is 199 g/mol. The number of benzene rings is 2. The summed E-state index contributed by atoms with van der Waals surface area (Å²) < 4.78 is 13.5. The maximum absolute atomic E-state index is 13.5. The van der Waals surface area contributed by atoms with Crippen LogP contribution in [-0.4, -0.2) is 0 Å². The molecule has 2 aromatic rings. The topological polar surface area (TPSA) is 0 Å². The van der Waals surface area contributed by atoms with Gasteiger partial charge in [-0.2, -0.15) is 0 Å². The summed E-state index contributed by atoms with van der Waals surface area (Å²) in [6.07, 6.45) is 0. The van der Waals surface area contributed by atoms with Gasteiger partial charge in [-0.1, -0.05) is 54.1 Å². The summed E-state index contributed by atoms with van der Waals surface area (Å²) in [5.74, 6) is -0.416. The highest BCUT2D eigenvalue weighted by atomic mass is 35.5. The second-order valence-corrected chi connectivity index (χ2v) is 3.26. The van der Waals surface area contributed by atoms with Gasteiger partial charge in [0.15, 0.2) is 0 Å². The summed E-state index contributed by atoms with van der Waals surface area (Å²) in [7, 11) is 0. The van der Waals surface area contributed by atoms with E-state index < -0.39 is 5.82 Å².